The quantitative estimate of drug-likeness (QED) is 0.899. The summed E-state index contributed by atoms with van der Waals surface area (Å²) in [6, 6.07) is 9.91. The average molecular weight is 372 g/mol. The van der Waals surface area contributed by atoms with Crippen LogP contribution < -0.4 is 5.32 Å². The van der Waals surface area contributed by atoms with Crippen molar-refractivity contribution in [2.24, 2.45) is 0 Å². The topological polar surface area (TPSA) is 52.7 Å². The van der Waals surface area contributed by atoms with Gasteiger partial charge in [-0.05, 0) is 56.2 Å². The molecule has 1 aromatic heterocycles. The largest absolute Gasteiger partial charge is 0.335 e. The van der Waals surface area contributed by atoms with Gasteiger partial charge in [-0.25, -0.2) is 0 Å². The average Bonchev–Trinajstić information content (AvgIpc) is 3.00. The smallest absolute Gasteiger partial charge is 0.264 e. The van der Waals surface area contributed by atoms with E-state index in [0.29, 0.717) is 19.6 Å². The third-order valence-corrected chi connectivity index (χ3v) is 5.47. The summed E-state index contributed by atoms with van der Waals surface area (Å²) in [5.41, 5.74) is 3.11. The number of aryl methyl sites for hydroxylation is 3. The molecule has 1 fully saturated rings. The Labute approximate surface area is 158 Å². The van der Waals surface area contributed by atoms with Gasteiger partial charge in [0.2, 0.25) is 5.91 Å². The van der Waals surface area contributed by atoms with Crippen molar-refractivity contribution in [3.05, 3.63) is 51.2 Å². The number of rotatable bonds is 4. The Morgan fingerprint density at radius 1 is 1.00 bits per heavy atom. The molecule has 1 aromatic carbocycles. The SMILES string of the molecule is Cc1cc(C)cc(NC(=O)CN2CCN(C(=O)c3ccc(C)s3)CC2)c1. The molecule has 0 spiro atoms. The molecule has 1 aliphatic rings. The van der Waals surface area contributed by atoms with Gasteiger partial charge in [0.1, 0.15) is 0 Å². The zero-order valence-electron chi connectivity index (χ0n) is 15.5. The van der Waals surface area contributed by atoms with Crippen molar-refractivity contribution >= 4 is 28.8 Å². The number of anilines is 1. The van der Waals surface area contributed by atoms with Crippen LogP contribution in [0.3, 0.4) is 0 Å². The van der Waals surface area contributed by atoms with Crippen LogP contribution in [0.5, 0.6) is 0 Å². The van der Waals surface area contributed by atoms with E-state index in [0.717, 1.165) is 39.7 Å². The molecule has 138 valence electrons. The molecule has 3 rings (SSSR count). The first kappa shape index (κ1) is 18.6. The van der Waals surface area contributed by atoms with Gasteiger partial charge in [0, 0.05) is 36.7 Å². The molecule has 1 saturated heterocycles. The van der Waals surface area contributed by atoms with Crippen LogP contribution in [-0.2, 0) is 4.79 Å². The zero-order chi connectivity index (χ0) is 18.7. The van der Waals surface area contributed by atoms with Gasteiger partial charge >= 0.3 is 0 Å². The minimum atomic E-state index is -0.0105. The van der Waals surface area contributed by atoms with E-state index in [9.17, 15) is 9.59 Å². The number of amides is 2. The van der Waals surface area contributed by atoms with E-state index < -0.39 is 0 Å². The van der Waals surface area contributed by atoms with Gasteiger partial charge in [-0.15, -0.1) is 11.3 Å². The molecular weight excluding hydrogens is 346 g/mol. The van der Waals surface area contributed by atoms with Crippen molar-refractivity contribution in [3.8, 4) is 0 Å². The molecule has 26 heavy (non-hydrogen) atoms. The lowest BCUT2D eigenvalue weighted by molar-refractivity contribution is -0.117. The van der Waals surface area contributed by atoms with Gasteiger partial charge in [0.25, 0.3) is 5.91 Å². The molecule has 0 radical (unpaired) electrons. The van der Waals surface area contributed by atoms with Crippen molar-refractivity contribution in [3.63, 3.8) is 0 Å². The Morgan fingerprint density at radius 3 is 2.23 bits per heavy atom. The van der Waals surface area contributed by atoms with E-state index in [-0.39, 0.29) is 11.8 Å². The van der Waals surface area contributed by atoms with Crippen molar-refractivity contribution in [1.29, 1.82) is 0 Å². The minimum absolute atomic E-state index is 0.0105. The maximum absolute atomic E-state index is 12.5. The molecule has 2 heterocycles. The second-order valence-corrected chi connectivity index (χ2v) is 8.19. The van der Waals surface area contributed by atoms with Gasteiger partial charge in [-0.3, -0.25) is 14.5 Å². The van der Waals surface area contributed by atoms with Crippen molar-refractivity contribution < 1.29 is 9.59 Å². The number of thiophene rings is 1. The van der Waals surface area contributed by atoms with Gasteiger partial charge < -0.3 is 10.2 Å². The van der Waals surface area contributed by atoms with E-state index in [4.69, 9.17) is 0 Å². The number of benzene rings is 1. The Bertz CT molecular complexity index is 787. The van der Waals surface area contributed by atoms with E-state index in [2.05, 4.69) is 16.3 Å². The molecule has 5 nitrogen and oxygen atoms in total. The Kier molecular flexibility index (Phi) is 5.74. The first-order valence-corrected chi connectivity index (χ1v) is 9.68. The first-order chi connectivity index (χ1) is 12.4. The lowest BCUT2D eigenvalue weighted by Crippen LogP contribution is -2.50. The predicted octanol–water partition coefficient (Wildman–Crippen LogP) is 3.07. The second-order valence-electron chi connectivity index (χ2n) is 6.90. The van der Waals surface area contributed by atoms with E-state index in [1.54, 1.807) is 0 Å². The first-order valence-electron chi connectivity index (χ1n) is 8.87. The number of nitrogens with zero attached hydrogens (tertiary/aromatic N) is 2. The molecule has 1 N–H and O–H groups in total. The number of carbonyl (C=O) groups is 2. The molecule has 0 atom stereocenters. The summed E-state index contributed by atoms with van der Waals surface area (Å²) in [7, 11) is 0. The third-order valence-electron chi connectivity index (χ3n) is 4.48. The number of nitrogens with one attached hydrogen (secondary N) is 1. The summed E-state index contributed by atoms with van der Waals surface area (Å²) in [5, 5.41) is 2.97. The monoisotopic (exact) mass is 371 g/mol. The zero-order valence-corrected chi connectivity index (χ0v) is 16.4. The van der Waals surface area contributed by atoms with Crippen LogP contribution in [0.15, 0.2) is 30.3 Å². The third kappa shape index (κ3) is 4.71. The number of piperazine rings is 1. The van der Waals surface area contributed by atoms with E-state index >= 15 is 0 Å². The number of hydrogen-bond donors (Lipinski definition) is 1. The predicted molar refractivity (Wildman–Crippen MR) is 106 cm³/mol. The fraction of sp³-hybridized carbons (Fsp3) is 0.400. The molecule has 2 amide bonds. The van der Waals surface area contributed by atoms with Gasteiger partial charge in [-0.2, -0.15) is 0 Å². The van der Waals surface area contributed by atoms with Crippen LogP contribution in [0.25, 0.3) is 0 Å². The fourth-order valence-electron chi connectivity index (χ4n) is 3.26. The van der Waals surface area contributed by atoms with Crippen LogP contribution in [-0.4, -0.2) is 54.3 Å². The highest BCUT2D eigenvalue weighted by Crippen LogP contribution is 2.18. The standard InChI is InChI=1S/C20H25N3O2S/c1-14-10-15(2)12-17(11-14)21-19(24)13-22-6-8-23(9-7-22)20(25)18-5-4-16(3)26-18/h4-5,10-12H,6-9,13H2,1-3H3,(H,21,24). The van der Waals surface area contributed by atoms with E-state index in [1.807, 2.05) is 49.9 Å². The van der Waals surface area contributed by atoms with Crippen LogP contribution in [0.1, 0.15) is 25.7 Å². The van der Waals surface area contributed by atoms with Crippen molar-refractivity contribution in [1.82, 2.24) is 9.80 Å². The molecule has 0 saturated carbocycles. The Hall–Kier alpha value is -2.18. The summed E-state index contributed by atoms with van der Waals surface area (Å²) >= 11 is 1.54. The lowest BCUT2D eigenvalue weighted by Gasteiger charge is -2.34. The maximum Gasteiger partial charge on any atom is 0.264 e. The van der Waals surface area contributed by atoms with Crippen LogP contribution >= 0.6 is 11.3 Å². The van der Waals surface area contributed by atoms with Crippen LogP contribution in [0.4, 0.5) is 5.69 Å². The normalized spacial score (nSPS) is 15.1. The summed E-state index contributed by atoms with van der Waals surface area (Å²) in [6.45, 7) is 9.16. The molecule has 2 aromatic rings. The summed E-state index contributed by atoms with van der Waals surface area (Å²) in [6.07, 6.45) is 0. The maximum atomic E-state index is 12.5. The van der Waals surface area contributed by atoms with Crippen molar-refractivity contribution in [2.75, 3.05) is 38.0 Å². The second kappa shape index (κ2) is 8.01. The molecule has 0 aliphatic carbocycles. The molecular formula is C20H25N3O2S. The summed E-state index contributed by atoms with van der Waals surface area (Å²) in [5.74, 6) is 0.0890. The van der Waals surface area contributed by atoms with Crippen LogP contribution in [0, 0.1) is 20.8 Å². The highest BCUT2D eigenvalue weighted by atomic mass is 32.1. The number of hydrogen-bond acceptors (Lipinski definition) is 4. The van der Waals surface area contributed by atoms with Gasteiger partial charge in [0.05, 0.1) is 11.4 Å². The molecule has 0 unspecified atom stereocenters. The minimum Gasteiger partial charge on any atom is -0.335 e. The highest BCUT2D eigenvalue weighted by Gasteiger charge is 2.24. The Balaban J connectivity index is 1.49. The molecule has 1 aliphatic heterocycles. The molecule has 6 heteroatoms. The Morgan fingerprint density at radius 2 is 1.65 bits per heavy atom. The highest BCUT2D eigenvalue weighted by molar-refractivity contribution is 7.13. The van der Waals surface area contributed by atoms with Crippen LogP contribution in [0.2, 0.25) is 0 Å². The number of carbonyl (C=O) groups excluding carboxylic acids is 2. The summed E-state index contributed by atoms with van der Waals surface area (Å²) in [4.78, 5) is 30.7. The fourth-order valence-corrected chi connectivity index (χ4v) is 4.10. The molecule has 0 bridgehead atoms. The lowest BCUT2D eigenvalue weighted by atomic mass is 10.1. The van der Waals surface area contributed by atoms with Gasteiger partial charge in [-0.1, -0.05) is 6.07 Å². The van der Waals surface area contributed by atoms with Crippen molar-refractivity contribution in [2.45, 2.75) is 20.8 Å². The summed E-state index contributed by atoms with van der Waals surface area (Å²) < 4.78 is 0. The van der Waals surface area contributed by atoms with Gasteiger partial charge in [0.15, 0.2) is 0 Å². The van der Waals surface area contributed by atoms with E-state index in [1.165, 1.54) is 11.3 Å².